The second-order valence-corrected chi connectivity index (χ2v) is 10.2. The van der Waals surface area contributed by atoms with Crippen molar-refractivity contribution in [3.05, 3.63) is 123 Å². The molecule has 0 spiro atoms. The molecule has 6 rings (SSSR count). The van der Waals surface area contributed by atoms with Gasteiger partial charge in [-0.3, -0.25) is 19.1 Å². The third kappa shape index (κ3) is 6.36. The van der Waals surface area contributed by atoms with Gasteiger partial charge in [-0.2, -0.15) is 0 Å². The molecule has 43 heavy (non-hydrogen) atoms. The number of anilines is 1. The molecule has 1 amide bonds. The van der Waals surface area contributed by atoms with Crippen LogP contribution >= 0.6 is 0 Å². The number of rotatable bonds is 4. The summed E-state index contributed by atoms with van der Waals surface area (Å²) in [4.78, 5) is 33.2. The Bertz CT molecular complexity index is 1880. The van der Waals surface area contributed by atoms with Crippen molar-refractivity contribution in [2.45, 2.75) is 54.9 Å². The van der Waals surface area contributed by atoms with Gasteiger partial charge in [0.15, 0.2) is 0 Å². The molecule has 0 atom stereocenters. The normalized spacial score (nSPS) is 11.9. The highest BCUT2D eigenvalue weighted by atomic mass is 16.2. The number of carbonyl (C=O) groups is 1. The van der Waals surface area contributed by atoms with E-state index in [0.717, 1.165) is 67.4 Å². The van der Waals surface area contributed by atoms with E-state index in [2.05, 4.69) is 35.3 Å². The largest absolute Gasteiger partial charge is 0.308 e. The van der Waals surface area contributed by atoms with Crippen LogP contribution in [0, 0.1) is 0 Å². The molecule has 5 heteroatoms. The average molecular weight is 572 g/mol. The molecule has 0 saturated heterocycles. The van der Waals surface area contributed by atoms with E-state index in [0.29, 0.717) is 6.54 Å². The molecule has 5 nitrogen and oxygen atoms in total. The van der Waals surface area contributed by atoms with Crippen LogP contribution in [0.15, 0.2) is 101 Å². The summed E-state index contributed by atoms with van der Waals surface area (Å²) in [6.07, 6.45) is 6.76. The number of fused-ring (bicyclic) bond motifs is 4. The second kappa shape index (κ2) is 13.9. The Balaban J connectivity index is 0.00000102. The number of amides is 1. The molecule has 0 fully saturated rings. The molecule has 1 aliphatic heterocycles. The Morgan fingerprint density at radius 1 is 0.814 bits per heavy atom. The topological polar surface area (TPSA) is 55.2 Å². The van der Waals surface area contributed by atoms with Gasteiger partial charge in [0.1, 0.15) is 0 Å². The third-order valence-corrected chi connectivity index (χ3v) is 7.55. The molecule has 5 aromatic rings. The van der Waals surface area contributed by atoms with E-state index >= 15 is 0 Å². The first kappa shape index (κ1) is 31.2. The van der Waals surface area contributed by atoms with Gasteiger partial charge in [0.2, 0.25) is 0 Å². The van der Waals surface area contributed by atoms with Crippen molar-refractivity contribution in [1.82, 2.24) is 9.55 Å². The molecule has 3 heterocycles. The fourth-order valence-electron chi connectivity index (χ4n) is 5.18. The minimum absolute atomic E-state index is 0.0145. The lowest BCUT2D eigenvalue weighted by molar-refractivity contribution is -0.115. The summed E-state index contributed by atoms with van der Waals surface area (Å²) in [7, 11) is 0. The molecule has 0 radical (unpaired) electrons. The van der Waals surface area contributed by atoms with E-state index in [9.17, 15) is 9.59 Å². The van der Waals surface area contributed by atoms with Crippen LogP contribution in [0.25, 0.3) is 39.6 Å². The Hall–Kier alpha value is -4.77. The van der Waals surface area contributed by atoms with E-state index in [-0.39, 0.29) is 11.5 Å². The summed E-state index contributed by atoms with van der Waals surface area (Å²) in [5.41, 5.74) is 8.10. The number of benzene rings is 3. The van der Waals surface area contributed by atoms with Crippen molar-refractivity contribution in [3.63, 3.8) is 0 Å². The fourth-order valence-corrected chi connectivity index (χ4v) is 5.18. The number of hydrogen-bond donors (Lipinski definition) is 0. The lowest BCUT2D eigenvalue weighted by atomic mass is 10.1. The molecule has 3 aromatic carbocycles. The van der Waals surface area contributed by atoms with Gasteiger partial charge >= 0.3 is 0 Å². The molecule has 0 unspecified atom stereocenters. The highest BCUT2D eigenvalue weighted by molar-refractivity contribution is 6.07. The first-order valence-corrected chi connectivity index (χ1v) is 15.2. The Kier molecular flexibility index (Phi) is 10.1. The number of pyridine rings is 2. The molecule has 0 saturated carbocycles. The van der Waals surface area contributed by atoms with Crippen LogP contribution in [-0.2, 0) is 11.2 Å². The fraction of sp³-hybridized carbons (Fsp3) is 0.237. The van der Waals surface area contributed by atoms with Gasteiger partial charge < -0.3 is 4.90 Å². The monoisotopic (exact) mass is 571 g/mol. The Morgan fingerprint density at radius 3 is 2.26 bits per heavy atom. The first-order valence-electron chi connectivity index (χ1n) is 15.2. The Morgan fingerprint density at radius 2 is 1.53 bits per heavy atom. The number of carbonyl (C=O) groups excluding carboxylic acids is 1. The van der Waals surface area contributed by atoms with Crippen molar-refractivity contribution >= 4 is 45.6 Å². The number of allylic oxidation sites excluding steroid dienone is 1. The molecular formula is C38H41N3O2. The zero-order valence-corrected chi connectivity index (χ0v) is 26.3. The van der Waals surface area contributed by atoms with Gasteiger partial charge in [-0.15, -0.1) is 0 Å². The van der Waals surface area contributed by atoms with Crippen LogP contribution in [0.1, 0.15) is 65.2 Å². The van der Waals surface area contributed by atoms with E-state index < -0.39 is 0 Å². The van der Waals surface area contributed by atoms with Crippen molar-refractivity contribution < 1.29 is 4.79 Å². The summed E-state index contributed by atoms with van der Waals surface area (Å²) in [6, 6.07) is 25.7. The van der Waals surface area contributed by atoms with Crippen molar-refractivity contribution in [1.29, 1.82) is 0 Å². The standard InChI is InChI=1S/C34H29N3O2.2C2H6/c1-22(2)23(3)34(39)36-18-17-26-12-14-28(20-31(26)36)37-32(38)16-13-27-21-35-30-15-11-25(19-29(30)33(27)37)10-9-24-7-5-4-6-8-24;2*1-2/h4-16,19-21H,17-18H2,1-3H3;2*1-2H3/b10-9+;;. The summed E-state index contributed by atoms with van der Waals surface area (Å²) in [5, 5.41) is 1.77. The van der Waals surface area contributed by atoms with Crippen LogP contribution < -0.4 is 10.5 Å². The quantitative estimate of drug-likeness (QED) is 0.123. The van der Waals surface area contributed by atoms with E-state index in [1.807, 2.05) is 114 Å². The summed E-state index contributed by atoms with van der Waals surface area (Å²) < 4.78 is 1.75. The van der Waals surface area contributed by atoms with Crippen LogP contribution in [-0.4, -0.2) is 22.0 Å². The maximum atomic E-state index is 13.4. The molecule has 220 valence electrons. The van der Waals surface area contributed by atoms with Crippen LogP contribution in [0.5, 0.6) is 0 Å². The van der Waals surface area contributed by atoms with Gasteiger partial charge in [0.05, 0.1) is 16.7 Å². The molecule has 1 aliphatic rings. The zero-order valence-electron chi connectivity index (χ0n) is 26.3. The van der Waals surface area contributed by atoms with Gasteiger partial charge in [-0.05, 0) is 74.2 Å². The van der Waals surface area contributed by atoms with Crippen LogP contribution in [0.2, 0.25) is 0 Å². The summed E-state index contributed by atoms with van der Waals surface area (Å²) in [5.74, 6) is 0.0145. The maximum Gasteiger partial charge on any atom is 0.255 e. The van der Waals surface area contributed by atoms with Crippen molar-refractivity contribution in [2.75, 3.05) is 11.4 Å². The predicted octanol–water partition coefficient (Wildman–Crippen LogP) is 9.01. The first-order chi connectivity index (χ1) is 20.9. The lowest BCUT2D eigenvalue weighted by Gasteiger charge is -2.20. The smallest absolute Gasteiger partial charge is 0.255 e. The summed E-state index contributed by atoms with van der Waals surface area (Å²) in [6.45, 7) is 14.4. The van der Waals surface area contributed by atoms with Gasteiger partial charge in [0.25, 0.3) is 11.5 Å². The second-order valence-electron chi connectivity index (χ2n) is 10.2. The highest BCUT2D eigenvalue weighted by Crippen LogP contribution is 2.33. The van der Waals surface area contributed by atoms with Gasteiger partial charge in [-0.1, -0.05) is 87.9 Å². The SMILES string of the molecule is CC.CC.CC(C)=C(C)C(=O)N1CCc2ccc(-n3c(=O)ccc4cnc5ccc(/C=C/c6ccccc6)cc5c43)cc21. The third-order valence-electron chi connectivity index (χ3n) is 7.55. The zero-order chi connectivity index (χ0) is 31.1. The molecule has 0 aliphatic carbocycles. The average Bonchev–Trinajstić information content (AvgIpc) is 3.48. The highest BCUT2D eigenvalue weighted by Gasteiger charge is 2.26. The van der Waals surface area contributed by atoms with Crippen molar-refractivity contribution in [2.24, 2.45) is 0 Å². The maximum absolute atomic E-state index is 13.4. The number of nitrogens with zero attached hydrogens (tertiary/aromatic N) is 3. The number of hydrogen-bond acceptors (Lipinski definition) is 3. The number of aromatic nitrogens is 2. The van der Waals surface area contributed by atoms with E-state index in [1.54, 1.807) is 10.6 Å². The van der Waals surface area contributed by atoms with E-state index in [1.165, 1.54) is 0 Å². The van der Waals surface area contributed by atoms with Crippen LogP contribution in [0.3, 0.4) is 0 Å². The van der Waals surface area contributed by atoms with Crippen molar-refractivity contribution in [3.8, 4) is 5.69 Å². The van der Waals surface area contributed by atoms with Crippen LogP contribution in [0.4, 0.5) is 5.69 Å². The molecule has 0 N–H and O–H groups in total. The molecule has 2 aromatic heterocycles. The van der Waals surface area contributed by atoms with Gasteiger partial charge in [0, 0.05) is 40.8 Å². The molecular weight excluding hydrogens is 530 g/mol. The minimum Gasteiger partial charge on any atom is -0.308 e. The van der Waals surface area contributed by atoms with E-state index in [4.69, 9.17) is 0 Å². The Labute approximate surface area is 254 Å². The summed E-state index contributed by atoms with van der Waals surface area (Å²) >= 11 is 0. The van der Waals surface area contributed by atoms with Gasteiger partial charge in [-0.25, -0.2) is 0 Å². The lowest BCUT2D eigenvalue weighted by Crippen LogP contribution is -2.30. The molecule has 0 bridgehead atoms. The predicted molar refractivity (Wildman–Crippen MR) is 183 cm³/mol. The minimum atomic E-state index is -0.128.